The van der Waals surface area contributed by atoms with Crippen molar-refractivity contribution in [1.29, 1.82) is 0 Å². The number of anilines is 1. The average Bonchev–Trinajstić information content (AvgIpc) is 3.66. The number of likely N-dealkylation sites (N-methyl/N-ethyl adjacent to an activating group) is 1. The first kappa shape index (κ1) is 25.0. The van der Waals surface area contributed by atoms with Crippen LogP contribution in [0.3, 0.4) is 0 Å². The van der Waals surface area contributed by atoms with Gasteiger partial charge >= 0.3 is 0 Å². The third-order valence-electron chi connectivity index (χ3n) is 7.54. The number of hydrogen-bond acceptors (Lipinski definition) is 6. The molecule has 2 amide bonds. The van der Waals surface area contributed by atoms with E-state index in [4.69, 9.17) is 9.84 Å². The van der Waals surface area contributed by atoms with Crippen molar-refractivity contribution in [3.8, 4) is 5.75 Å². The summed E-state index contributed by atoms with van der Waals surface area (Å²) in [6.07, 6.45) is 7.99. The molecule has 2 heterocycles. The Bertz CT molecular complexity index is 1380. The molecule has 10 nitrogen and oxygen atoms in total. The van der Waals surface area contributed by atoms with Crippen molar-refractivity contribution >= 4 is 28.4 Å². The molecule has 0 radical (unpaired) electrons. The minimum atomic E-state index is -0.998. The van der Waals surface area contributed by atoms with E-state index in [9.17, 15) is 19.5 Å². The summed E-state index contributed by atoms with van der Waals surface area (Å²) in [5.74, 6) is -0.285. The quantitative estimate of drug-likeness (QED) is 0.507. The van der Waals surface area contributed by atoms with E-state index in [2.05, 4.69) is 5.32 Å². The Morgan fingerprint density at radius 2 is 1.86 bits per heavy atom. The lowest BCUT2D eigenvalue weighted by molar-refractivity contribution is -0.140. The minimum absolute atomic E-state index is 0.0983. The molecule has 196 valence electrons. The Morgan fingerprint density at radius 3 is 2.51 bits per heavy atom. The van der Waals surface area contributed by atoms with Gasteiger partial charge in [-0.3, -0.25) is 19.1 Å². The summed E-state index contributed by atoms with van der Waals surface area (Å²) in [5.41, 5.74) is 1.08. The minimum Gasteiger partial charge on any atom is -0.496 e. The van der Waals surface area contributed by atoms with Gasteiger partial charge < -0.3 is 24.6 Å². The molecule has 0 spiro atoms. The van der Waals surface area contributed by atoms with Crippen LogP contribution >= 0.6 is 0 Å². The van der Waals surface area contributed by atoms with Crippen LogP contribution in [-0.4, -0.2) is 62.5 Å². The summed E-state index contributed by atoms with van der Waals surface area (Å²) in [5, 5.41) is 17.9. The highest BCUT2D eigenvalue weighted by Gasteiger charge is 2.30. The van der Waals surface area contributed by atoms with Gasteiger partial charge in [0.1, 0.15) is 17.5 Å². The number of hydrogen-bond donors (Lipinski definition) is 2. The Balaban J connectivity index is 1.33. The fourth-order valence-corrected chi connectivity index (χ4v) is 5.22. The van der Waals surface area contributed by atoms with Crippen LogP contribution in [0.1, 0.15) is 67.9 Å². The van der Waals surface area contributed by atoms with E-state index in [0.717, 1.165) is 43.9 Å². The molecule has 2 aliphatic rings. The monoisotopic (exact) mass is 507 g/mol. The Hall–Kier alpha value is -3.66. The number of rotatable bonds is 7. The topological polar surface area (TPSA) is 119 Å². The zero-order valence-electron chi connectivity index (χ0n) is 21.4. The van der Waals surface area contributed by atoms with Crippen molar-refractivity contribution in [1.82, 2.24) is 19.2 Å². The molecule has 3 aromatic rings. The second-order valence-electron chi connectivity index (χ2n) is 10.1. The number of methoxy groups -OCH3 is 1. The lowest BCUT2D eigenvalue weighted by Gasteiger charge is -2.35. The van der Waals surface area contributed by atoms with E-state index in [1.807, 2.05) is 10.9 Å². The number of pyridine rings is 1. The predicted octanol–water partition coefficient (Wildman–Crippen LogP) is 3.12. The van der Waals surface area contributed by atoms with Crippen LogP contribution in [0.25, 0.3) is 10.9 Å². The summed E-state index contributed by atoms with van der Waals surface area (Å²) in [6, 6.07) is 7.37. The van der Waals surface area contributed by atoms with E-state index < -0.39 is 12.0 Å². The SMILES string of the molecule is COc1cc2nn([C@H]3CC[C@H](N(C)C(=O)[C@@H](C)O)CC3)cc2cc1C(=O)Nc1cccn(C2CC2)c1=O. The fraction of sp³-hybridized carbons (Fsp3) is 0.481. The number of ether oxygens (including phenoxy) is 1. The molecule has 37 heavy (non-hydrogen) atoms. The molecule has 1 atom stereocenters. The number of nitrogens with one attached hydrogen (secondary N) is 1. The maximum atomic E-state index is 13.2. The van der Waals surface area contributed by atoms with Gasteiger partial charge in [0.25, 0.3) is 17.4 Å². The summed E-state index contributed by atoms with van der Waals surface area (Å²) in [4.78, 5) is 39.7. The number of carbonyl (C=O) groups excluding carboxylic acids is 2. The molecule has 0 bridgehead atoms. The van der Waals surface area contributed by atoms with Gasteiger partial charge in [-0.1, -0.05) is 0 Å². The smallest absolute Gasteiger partial charge is 0.274 e. The van der Waals surface area contributed by atoms with Crippen molar-refractivity contribution in [3.63, 3.8) is 0 Å². The van der Waals surface area contributed by atoms with Gasteiger partial charge in [-0.05, 0) is 63.6 Å². The van der Waals surface area contributed by atoms with Crippen LogP contribution < -0.4 is 15.6 Å². The van der Waals surface area contributed by atoms with Gasteiger partial charge in [0.15, 0.2) is 0 Å². The average molecular weight is 508 g/mol. The number of benzene rings is 1. The van der Waals surface area contributed by atoms with Crippen LogP contribution in [0, 0.1) is 0 Å². The lowest BCUT2D eigenvalue weighted by Crippen LogP contribution is -2.43. The summed E-state index contributed by atoms with van der Waals surface area (Å²) in [7, 11) is 3.25. The zero-order chi connectivity index (χ0) is 26.3. The van der Waals surface area contributed by atoms with Gasteiger partial charge in [-0.15, -0.1) is 0 Å². The summed E-state index contributed by atoms with van der Waals surface area (Å²) in [6.45, 7) is 1.49. The van der Waals surface area contributed by atoms with Gasteiger partial charge in [0.2, 0.25) is 0 Å². The molecule has 1 aromatic carbocycles. The Labute approximate surface area is 214 Å². The molecular formula is C27H33N5O5. The molecule has 0 saturated heterocycles. The van der Waals surface area contributed by atoms with Crippen LogP contribution in [0.2, 0.25) is 0 Å². The van der Waals surface area contributed by atoms with Crippen LogP contribution in [-0.2, 0) is 4.79 Å². The van der Waals surface area contributed by atoms with Crippen LogP contribution in [0.5, 0.6) is 5.75 Å². The molecule has 2 saturated carbocycles. The highest BCUT2D eigenvalue weighted by molar-refractivity contribution is 6.08. The van der Waals surface area contributed by atoms with Crippen LogP contribution in [0.4, 0.5) is 5.69 Å². The third-order valence-corrected chi connectivity index (χ3v) is 7.54. The first-order valence-corrected chi connectivity index (χ1v) is 12.8. The van der Waals surface area contributed by atoms with E-state index in [0.29, 0.717) is 16.8 Å². The van der Waals surface area contributed by atoms with Gasteiger partial charge in [0.05, 0.1) is 24.2 Å². The number of fused-ring (bicyclic) bond motifs is 1. The maximum absolute atomic E-state index is 13.2. The normalized spacial score (nSPS) is 20.4. The number of carbonyl (C=O) groups is 2. The highest BCUT2D eigenvalue weighted by Crippen LogP contribution is 2.34. The highest BCUT2D eigenvalue weighted by atomic mass is 16.5. The molecule has 2 aromatic heterocycles. The summed E-state index contributed by atoms with van der Waals surface area (Å²) >= 11 is 0. The molecule has 0 aliphatic heterocycles. The lowest BCUT2D eigenvalue weighted by atomic mass is 9.90. The van der Waals surface area contributed by atoms with Crippen molar-refractivity contribution < 1.29 is 19.4 Å². The third kappa shape index (κ3) is 4.98. The maximum Gasteiger partial charge on any atom is 0.274 e. The van der Waals surface area contributed by atoms with Crippen molar-refractivity contribution in [2.75, 3.05) is 19.5 Å². The van der Waals surface area contributed by atoms with Gasteiger partial charge in [-0.25, -0.2) is 0 Å². The van der Waals surface area contributed by atoms with Gasteiger partial charge in [0, 0.05) is 43.0 Å². The first-order chi connectivity index (χ1) is 17.8. The number of aliphatic hydroxyl groups is 1. The Morgan fingerprint density at radius 1 is 1.16 bits per heavy atom. The number of aliphatic hydroxyl groups excluding tert-OH is 1. The predicted molar refractivity (Wildman–Crippen MR) is 139 cm³/mol. The van der Waals surface area contributed by atoms with E-state index in [-0.39, 0.29) is 35.3 Å². The number of aromatic nitrogens is 3. The second kappa shape index (κ2) is 10.0. The molecule has 2 aliphatic carbocycles. The molecule has 2 fully saturated rings. The van der Waals surface area contributed by atoms with E-state index in [1.54, 1.807) is 47.0 Å². The molecule has 0 unspecified atom stereocenters. The molecule has 10 heteroatoms. The Kier molecular flexibility index (Phi) is 6.76. The molecule has 2 N–H and O–H groups in total. The number of amides is 2. The van der Waals surface area contributed by atoms with Gasteiger partial charge in [-0.2, -0.15) is 5.10 Å². The molecule has 5 rings (SSSR count). The van der Waals surface area contributed by atoms with E-state index >= 15 is 0 Å². The first-order valence-electron chi connectivity index (χ1n) is 12.8. The zero-order valence-corrected chi connectivity index (χ0v) is 21.4. The standard InChI is InChI=1S/C27H33N5O5/c1-16(33)26(35)30(2)18-6-10-20(11-7-18)32-15-17-13-21(24(37-3)14-23(17)29-32)25(34)28-22-5-4-12-31(27(22)36)19-8-9-19/h4-5,12-16,18-20,33H,6-11H2,1-3H3,(H,28,34)/t16-,18-,20-/m1/s1. The van der Waals surface area contributed by atoms with E-state index in [1.165, 1.54) is 14.0 Å². The number of nitrogens with zero attached hydrogens (tertiary/aromatic N) is 4. The largest absolute Gasteiger partial charge is 0.496 e. The fourth-order valence-electron chi connectivity index (χ4n) is 5.22. The van der Waals surface area contributed by atoms with Crippen LogP contribution in [0.15, 0.2) is 41.5 Å². The van der Waals surface area contributed by atoms with Crippen molar-refractivity contribution in [2.24, 2.45) is 0 Å². The summed E-state index contributed by atoms with van der Waals surface area (Å²) < 4.78 is 9.11. The van der Waals surface area contributed by atoms with Crippen molar-refractivity contribution in [2.45, 2.75) is 69.7 Å². The second-order valence-corrected chi connectivity index (χ2v) is 10.1. The molecular weight excluding hydrogens is 474 g/mol. The van der Waals surface area contributed by atoms with Crippen molar-refractivity contribution in [3.05, 3.63) is 52.6 Å².